The number of halogens is 1. The molecule has 1 aromatic heterocycles. The van der Waals surface area contributed by atoms with Crippen molar-refractivity contribution in [3.05, 3.63) is 23.8 Å². The van der Waals surface area contributed by atoms with Crippen LogP contribution in [0.25, 0.3) is 11.1 Å². The van der Waals surface area contributed by atoms with Gasteiger partial charge in [0, 0.05) is 5.33 Å². The van der Waals surface area contributed by atoms with Gasteiger partial charge < -0.3 is 9.15 Å². The topological polar surface area (TPSA) is 35.3 Å². The van der Waals surface area contributed by atoms with Crippen molar-refractivity contribution in [2.45, 2.75) is 12.3 Å². The van der Waals surface area contributed by atoms with Crippen LogP contribution in [0.1, 0.15) is 12.5 Å². The number of nitrogens with zero attached hydrogens (tertiary/aromatic N) is 1. The molecular formula is C10H10BrNO2. The Bertz CT molecular complexity index is 439. The summed E-state index contributed by atoms with van der Waals surface area (Å²) in [6, 6.07) is 5.90. The van der Waals surface area contributed by atoms with Gasteiger partial charge in [-0.15, -0.1) is 0 Å². The van der Waals surface area contributed by atoms with E-state index in [1.807, 2.05) is 25.1 Å². The molecule has 14 heavy (non-hydrogen) atoms. The van der Waals surface area contributed by atoms with Crippen molar-refractivity contribution in [3.63, 3.8) is 0 Å². The number of fused-ring (bicyclic) bond motifs is 1. The van der Waals surface area contributed by atoms with Gasteiger partial charge in [0.2, 0.25) is 0 Å². The van der Waals surface area contributed by atoms with Gasteiger partial charge in [-0.3, -0.25) is 0 Å². The van der Waals surface area contributed by atoms with Gasteiger partial charge in [-0.05, 0) is 24.6 Å². The summed E-state index contributed by atoms with van der Waals surface area (Å²) >= 11 is 3.39. The fraction of sp³-hybridized carbons (Fsp3) is 0.300. The lowest BCUT2D eigenvalue weighted by molar-refractivity contribution is 0.251. The molecule has 2 aromatic rings. The molecule has 0 spiro atoms. The van der Waals surface area contributed by atoms with E-state index in [-0.39, 0.29) is 0 Å². The van der Waals surface area contributed by atoms with Gasteiger partial charge in [0.25, 0.3) is 0 Å². The van der Waals surface area contributed by atoms with Crippen LogP contribution in [0.3, 0.4) is 0 Å². The lowest BCUT2D eigenvalue weighted by atomic mass is 10.2. The summed E-state index contributed by atoms with van der Waals surface area (Å²) < 4.78 is 10.6. The molecule has 4 heteroatoms. The van der Waals surface area contributed by atoms with Gasteiger partial charge in [-0.2, -0.15) is 4.98 Å². The number of ether oxygens (including phenoxy) is 1. The lowest BCUT2D eigenvalue weighted by Crippen LogP contribution is -1.89. The SMILES string of the molecule is CCOc1nc2ccc(CBr)cc2o1. The van der Waals surface area contributed by atoms with E-state index in [1.54, 1.807) is 0 Å². The van der Waals surface area contributed by atoms with Gasteiger partial charge in [0.1, 0.15) is 5.52 Å². The van der Waals surface area contributed by atoms with Gasteiger partial charge in [0.05, 0.1) is 6.61 Å². The van der Waals surface area contributed by atoms with Crippen molar-refractivity contribution in [1.29, 1.82) is 0 Å². The van der Waals surface area contributed by atoms with Crippen LogP contribution in [0.15, 0.2) is 22.6 Å². The molecule has 0 amide bonds. The maximum absolute atomic E-state index is 5.40. The third-order valence-electron chi connectivity index (χ3n) is 1.86. The quantitative estimate of drug-likeness (QED) is 0.791. The Morgan fingerprint density at radius 1 is 1.50 bits per heavy atom. The maximum atomic E-state index is 5.40. The first-order valence-corrected chi connectivity index (χ1v) is 5.54. The molecule has 0 saturated heterocycles. The Morgan fingerprint density at radius 2 is 2.36 bits per heavy atom. The second-order valence-corrected chi connectivity index (χ2v) is 3.41. The van der Waals surface area contributed by atoms with Crippen molar-refractivity contribution in [1.82, 2.24) is 4.98 Å². The predicted octanol–water partition coefficient (Wildman–Crippen LogP) is 3.12. The van der Waals surface area contributed by atoms with Crippen LogP contribution in [0.5, 0.6) is 6.08 Å². The Labute approximate surface area is 90.2 Å². The van der Waals surface area contributed by atoms with Gasteiger partial charge in [-0.1, -0.05) is 22.0 Å². The molecule has 0 aliphatic heterocycles. The van der Waals surface area contributed by atoms with Crippen molar-refractivity contribution in [3.8, 4) is 6.08 Å². The first-order valence-electron chi connectivity index (χ1n) is 4.41. The van der Waals surface area contributed by atoms with Crippen LogP contribution in [-0.4, -0.2) is 11.6 Å². The Balaban J connectivity index is 2.43. The number of alkyl halides is 1. The molecule has 2 rings (SSSR count). The first-order chi connectivity index (χ1) is 6.83. The molecule has 0 fully saturated rings. The average Bonchev–Trinajstić information content (AvgIpc) is 2.59. The van der Waals surface area contributed by atoms with E-state index in [0.29, 0.717) is 12.7 Å². The molecule has 3 nitrogen and oxygen atoms in total. The second kappa shape index (κ2) is 4.00. The second-order valence-electron chi connectivity index (χ2n) is 2.85. The first kappa shape index (κ1) is 9.52. The molecule has 1 aromatic carbocycles. The van der Waals surface area contributed by atoms with Crippen molar-refractivity contribution < 1.29 is 9.15 Å². The number of benzene rings is 1. The van der Waals surface area contributed by atoms with E-state index in [9.17, 15) is 0 Å². The summed E-state index contributed by atoms with van der Waals surface area (Å²) in [5, 5.41) is 0.813. The van der Waals surface area contributed by atoms with E-state index >= 15 is 0 Å². The molecule has 74 valence electrons. The third kappa shape index (κ3) is 1.75. The lowest BCUT2D eigenvalue weighted by Gasteiger charge is -1.92. The molecule has 1 heterocycles. The summed E-state index contributed by atoms with van der Waals surface area (Å²) in [4.78, 5) is 4.17. The van der Waals surface area contributed by atoms with E-state index in [2.05, 4.69) is 20.9 Å². The Hall–Kier alpha value is -1.03. The van der Waals surface area contributed by atoms with Gasteiger partial charge in [0.15, 0.2) is 5.58 Å². The number of aromatic nitrogens is 1. The van der Waals surface area contributed by atoms with Crippen LogP contribution >= 0.6 is 15.9 Å². The summed E-state index contributed by atoms with van der Waals surface area (Å²) in [6.07, 6.45) is 0.342. The Kier molecular flexibility index (Phi) is 2.72. The fourth-order valence-electron chi connectivity index (χ4n) is 1.22. The zero-order chi connectivity index (χ0) is 9.97. The highest BCUT2D eigenvalue weighted by Gasteiger charge is 2.06. The summed E-state index contributed by atoms with van der Waals surface area (Å²) in [5.41, 5.74) is 2.76. The standard InChI is InChI=1S/C10H10BrNO2/c1-2-13-10-12-8-4-3-7(6-11)5-9(8)14-10/h3-5H,2,6H2,1H3. The molecule has 0 atom stereocenters. The highest BCUT2D eigenvalue weighted by Crippen LogP contribution is 2.22. The van der Waals surface area contributed by atoms with E-state index in [1.165, 1.54) is 0 Å². The van der Waals surface area contributed by atoms with Crippen molar-refractivity contribution in [2.24, 2.45) is 0 Å². The highest BCUT2D eigenvalue weighted by molar-refractivity contribution is 9.08. The number of hydrogen-bond acceptors (Lipinski definition) is 3. The number of hydrogen-bond donors (Lipinski definition) is 0. The van der Waals surface area contributed by atoms with Crippen molar-refractivity contribution >= 4 is 27.0 Å². The minimum absolute atomic E-state index is 0.342. The molecule has 0 saturated carbocycles. The van der Waals surface area contributed by atoms with Crippen LogP contribution in [-0.2, 0) is 5.33 Å². The minimum atomic E-state index is 0.342. The molecule has 0 aliphatic carbocycles. The van der Waals surface area contributed by atoms with E-state index in [4.69, 9.17) is 9.15 Å². The highest BCUT2D eigenvalue weighted by atomic mass is 79.9. The molecule has 0 bridgehead atoms. The predicted molar refractivity (Wildman–Crippen MR) is 57.8 cm³/mol. The minimum Gasteiger partial charge on any atom is -0.450 e. The third-order valence-corrected chi connectivity index (χ3v) is 2.50. The summed E-state index contributed by atoms with van der Waals surface area (Å²) in [7, 11) is 0. The summed E-state index contributed by atoms with van der Waals surface area (Å²) in [6.45, 7) is 2.47. The van der Waals surface area contributed by atoms with Crippen LogP contribution in [0.4, 0.5) is 0 Å². The van der Waals surface area contributed by atoms with Gasteiger partial charge >= 0.3 is 6.08 Å². The maximum Gasteiger partial charge on any atom is 0.394 e. The smallest absolute Gasteiger partial charge is 0.394 e. The fourth-order valence-corrected chi connectivity index (χ4v) is 1.57. The monoisotopic (exact) mass is 255 g/mol. The molecular weight excluding hydrogens is 246 g/mol. The molecule has 0 unspecified atom stereocenters. The normalized spacial score (nSPS) is 10.7. The van der Waals surface area contributed by atoms with E-state index in [0.717, 1.165) is 22.0 Å². The van der Waals surface area contributed by atoms with E-state index < -0.39 is 0 Å². The summed E-state index contributed by atoms with van der Waals surface area (Å²) in [5.74, 6) is 0. The molecule has 0 radical (unpaired) electrons. The van der Waals surface area contributed by atoms with Crippen LogP contribution < -0.4 is 4.74 Å². The van der Waals surface area contributed by atoms with Crippen LogP contribution in [0, 0.1) is 0 Å². The number of oxazole rings is 1. The van der Waals surface area contributed by atoms with Crippen LogP contribution in [0.2, 0.25) is 0 Å². The Morgan fingerprint density at radius 3 is 3.07 bits per heavy atom. The van der Waals surface area contributed by atoms with Gasteiger partial charge in [-0.25, -0.2) is 0 Å². The van der Waals surface area contributed by atoms with Crippen molar-refractivity contribution in [2.75, 3.05) is 6.61 Å². The molecule has 0 N–H and O–H groups in total. The zero-order valence-electron chi connectivity index (χ0n) is 7.79. The number of rotatable bonds is 3. The average molecular weight is 256 g/mol. The zero-order valence-corrected chi connectivity index (χ0v) is 9.37. The largest absolute Gasteiger partial charge is 0.450 e. The molecule has 0 aliphatic rings.